The minimum atomic E-state index is 0.0809. The van der Waals surface area contributed by atoms with Gasteiger partial charge in [0.05, 0.1) is 5.35 Å². The number of aromatic nitrogens is 1. The van der Waals surface area contributed by atoms with Crippen molar-refractivity contribution in [3.63, 3.8) is 0 Å². The number of rotatable bonds is 0. The maximum atomic E-state index is 11.6. The zero-order chi connectivity index (χ0) is 9.54. The van der Waals surface area contributed by atoms with Gasteiger partial charge in [0.2, 0.25) is 5.91 Å². The molecule has 3 heteroatoms. The van der Waals surface area contributed by atoms with Crippen LogP contribution in [0.3, 0.4) is 0 Å². The summed E-state index contributed by atoms with van der Waals surface area (Å²) in [5.74, 6) is 0.441. The third-order valence-electron chi connectivity index (χ3n) is 2.89. The van der Waals surface area contributed by atoms with Crippen molar-refractivity contribution < 1.29 is 4.79 Å². The maximum Gasteiger partial charge on any atom is 0.248 e. The van der Waals surface area contributed by atoms with Crippen molar-refractivity contribution in [1.82, 2.24) is 10.3 Å². The molecule has 0 saturated carbocycles. The average Bonchev–Trinajstić information content (AvgIpc) is 2.61. The molecule has 3 nitrogen and oxygen atoms in total. The fourth-order valence-corrected chi connectivity index (χ4v) is 2.20. The van der Waals surface area contributed by atoms with Crippen LogP contribution in [-0.4, -0.2) is 17.4 Å². The Morgan fingerprint density at radius 1 is 1.50 bits per heavy atom. The van der Waals surface area contributed by atoms with E-state index in [1.807, 2.05) is 12.1 Å². The lowest BCUT2D eigenvalue weighted by Gasteiger charge is -2.10. The molecule has 70 valence electrons. The van der Waals surface area contributed by atoms with Crippen LogP contribution in [0.25, 0.3) is 11.6 Å². The second-order valence-electron chi connectivity index (χ2n) is 3.70. The molecule has 1 aromatic heterocycles. The molecular weight excluding hydrogens is 176 g/mol. The number of carbonyl (C=O) groups excluding carboxylic acids is 1. The second kappa shape index (κ2) is 2.67. The van der Waals surface area contributed by atoms with E-state index >= 15 is 0 Å². The molecule has 1 N–H and O–H groups in total. The molecule has 0 spiro atoms. The van der Waals surface area contributed by atoms with E-state index in [0.29, 0.717) is 5.92 Å². The highest BCUT2D eigenvalue weighted by Crippen LogP contribution is 2.21. The first-order valence-electron chi connectivity index (χ1n) is 4.80. The first-order valence-corrected chi connectivity index (χ1v) is 4.80. The molecule has 1 atom stereocenters. The van der Waals surface area contributed by atoms with Crippen LogP contribution < -0.4 is 15.9 Å². The Labute approximate surface area is 81.2 Å². The Balaban J connectivity index is 2.43. The van der Waals surface area contributed by atoms with E-state index in [2.05, 4.69) is 16.4 Å². The van der Waals surface area contributed by atoms with Gasteiger partial charge in [0.15, 0.2) is 0 Å². The van der Waals surface area contributed by atoms with Gasteiger partial charge in [-0.15, -0.1) is 0 Å². The van der Waals surface area contributed by atoms with E-state index in [-0.39, 0.29) is 5.91 Å². The van der Waals surface area contributed by atoms with E-state index in [4.69, 9.17) is 0 Å². The van der Waals surface area contributed by atoms with Crippen LogP contribution in [-0.2, 0) is 4.79 Å². The molecule has 1 aliphatic carbocycles. The van der Waals surface area contributed by atoms with Gasteiger partial charge in [-0.25, -0.2) is 0 Å². The van der Waals surface area contributed by atoms with Crippen molar-refractivity contribution in [2.45, 2.75) is 6.42 Å². The Morgan fingerprint density at radius 2 is 2.43 bits per heavy atom. The number of pyridine rings is 1. The topological polar surface area (TPSA) is 42.0 Å². The summed E-state index contributed by atoms with van der Waals surface area (Å²) in [6, 6.07) is 3.86. The molecule has 1 unspecified atom stereocenters. The molecular formula is C11H10N2O. The predicted molar refractivity (Wildman–Crippen MR) is 52.5 cm³/mol. The van der Waals surface area contributed by atoms with Gasteiger partial charge in [-0.3, -0.25) is 9.78 Å². The summed E-state index contributed by atoms with van der Waals surface area (Å²) < 4.78 is 0. The van der Waals surface area contributed by atoms with Gasteiger partial charge < -0.3 is 5.32 Å². The van der Waals surface area contributed by atoms with Gasteiger partial charge in [0, 0.05) is 29.5 Å². The fraction of sp³-hybridized carbons (Fsp3) is 0.273. The largest absolute Gasteiger partial charge is 0.352 e. The molecule has 0 aromatic carbocycles. The van der Waals surface area contributed by atoms with E-state index < -0.39 is 0 Å². The Bertz CT molecular complexity index is 518. The lowest BCUT2D eigenvalue weighted by Crippen LogP contribution is -2.35. The summed E-state index contributed by atoms with van der Waals surface area (Å²) >= 11 is 0. The lowest BCUT2D eigenvalue weighted by molar-refractivity contribution is -0.114. The maximum absolute atomic E-state index is 11.6. The zero-order valence-corrected chi connectivity index (χ0v) is 7.66. The van der Waals surface area contributed by atoms with Gasteiger partial charge in [0.1, 0.15) is 0 Å². The monoisotopic (exact) mass is 186 g/mol. The molecule has 1 fully saturated rings. The molecule has 1 aromatic rings. The number of hydrogen-bond acceptors (Lipinski definition) is 2. The molecule has 0 radical (unpaired) electrons. The molecule has 14 heavy (non-hydrogen) atoms. The first kappa shape index (κ1) is 7.74. The van der Waals surface area contributed by atoms with Crippen LogP contribution in [0.2, 0.25) is 0 Å². The SMILES string of the molecule is O=C1NCC2CC=c3ncccc3=C12. The minimum absolute atomic E-state index is 0.0809. The summed E-state index contributed by atoms with van der Waals surface area (Å²) in [5, 5.41) is 4.85. The Kier molecular flexibility index (Phi) is 1.48. The molecule has 0 bridgehead atoms. The highest BCUT2D eigenvalue weighted by atomic mass is 16.2. The molecule has 2 aliphatic rings. The van der Waals surface area contributed by atoms with Gasteiger partial charge in [-0.05, 0) is 12.5 Å². The van der Waals surface area contributed by atoms with Crippen molar-refractivity contribution in [2.75, 3.05) is 6.54 Å². The number of hydrogen-bond donors (Lipinski definition) is 1. The first-order chi connectivity index (χ1) is 6.86. The normalized spacial score (nSPS) is 23.6. The fourth-order valence-electron chi connectivity index (χ4n) is 2.20. The molecule has 1 aliphatic heterocycles. The smallest absolute Gasteiger partial charge is 0.248 e. The zero-order valence-electron chi connectivity index (χ0n) is 7.66. The summed E-state index contributed by atoms with van der Waals surface area (Å²) in [6.45, 7) is 0.777. The highest BCUT2D eigenvalue weighted by Gasteiger charge is 2.29. The Morgan fingerprint density at radius 3 is 3.36 bits per heavy atom. The van der Waals surface area contributed by atoms with Crippen molar-refractivity contribution in [3.8, 4) is 0 Å². The minimum Gasteiger partial charge on any atom is -0.352 e. The number of nitrogens with zero attached hydrogens (tertiary/aromatic N) is 1. The third-order valence-corrected chi connectivity index (χ3v) is 2.89. The predicted octanol–water partition coefficient (Wildman–Crippen LogP) is -0.837. The number of nitrogens with one attached hydrogen (secondary N) is 1. The van der Waals surface area contributed by atoms with E-state index in [0.717, 1.165) is 29.1 Å². The summed E-state index contributed by atoms with van der Waals surface area (Å²) in [6.07, 6.45) is 4.81. The van der Waals surface area contributed by atoms with Crippen LogP contribution in [0.1, 0.15) is 6.42 Å². The standard InChI is InChI=1S/C11H10N2O/c14-11-10-7(6-13-11)3-4-9-8(10)2-1-5-12-9/h1-2,4-5,7H,3,6H2,(H,13,14). The van der Waals surface area contributed by atoms with Gasteiger partial charge in [-0.2, -0.15) is 0 Å². The van der Waals surface area contributed by atoms with Crippen LogP contribution in [0.15, 0.2) is 18.3 Å². The summed E-state index contributed by atoms with van der Waals surface area (Å²) in [4.78, 5) is 15.8. The third kappa shape index (κ3) is 0.923. The number of amides is 1. The summed E-state index contributed by atoms with van der Waals surface area (Å²) in [5.41, 5.74) is 0.926. The molecule has 2 heterocycles. The summed E-state index contributed by atoms with van der Waals surface area (Å²) in [7, 11) is 0. The lowest BCUT2D eigenvalue weighted by atomic mass is 9.93. The van der Waals surface area contributed by atoms with Crippen molar-refractivity contribution in [1.29, 1.82) is 0 Å². The van der Waals surface area contributed by atoms with E-state index in [9.17, 15) is 4.79 Å². The molecule has 1 saturated heterocycles. The molecule has 3 rings (SSSR count). The van der Waals surface area contributed by atoms with Crippen LogP contribution in [0.5, 0.6) is 0 Å². The van der Waals surface area contributed by atoms with Crippen molar-refractivity contribution >= 4 is 17.6 Å². The van der Waals surface area contributed by atoms with Gasteiger partial charge in [0.25, 0.3) is 0 Å². The van der Waals surface area contributed by atoms with Gasteiger partial charge in [-0.1, -0.05) is 12.1 Å². The highest BCUT2D eigenvalue weighted by molar-refractivity contribution is 6.16. The quantitative estimate of drug-likeness (QED) is 0.574. The number of fused-ring (bicyclic) bond motifs is 2. The van der Waals surface area contributed by atoms with Gasteiger partial charge >= 0.3 is 0 Å². The van der Waals surface area contributed by atoms with Crippen LogP contribution in [0.4, 0.5) is 0 Å². The van der Waals surface area contributed by atoms with Crippen LogP contribution in [0, 0.1) is 5.92 Å². The van der Waals surface area contributed by atoms with E-state index in [1.165, 1.54) is 0 Å². The Hall–Kier alpha value is -1.64. The average molecular weight is 186 g/mol. The molecule has 1 amide bonds. The second-order valence-corrected chi connectivity index (χ2v) is 3.70. The van der Waals surface area contributed by atoms with Crippen LogP contribution >= 0.6 is 0 Å². The number of carbonyl (C=O) groups is 1. The van der Waals surface area contributed by atoms with Crippen molar-refractivity contribution in [2.24, 2.45) is 5.92 Å². The van der Waals surface area contributed by atoms with Crippen molar-refractivity contribution in [3.05, 3.63) is 28.9 Å². The van der Waals surface area contributed by atoms with E-state index in [1.54, 1.807) is 6.20 Å².